The maximum atomic E-state index is 13.5. The molecule has 22 heavy (non-hydrogen) atoms. The zero-order chi connectivity index (χ0) is 15.5. The van der Waals surface area contributed by atoms with Crippen LogP contribution in [-0.4, -0.2) is 11.0 Å². The third-order valence-electron chi connectivity index (χ3n) is 3.21. The highest BCUT2D eigenvalue weighted by Gasteiger charge is 2.10. The van der Waals surface area contributed by atoms with Gasteiger partial charge in [0.2, 0.25) is 0 Å². The van der Waals surface area contributed by atoms with Gasteiger partial charge < -0.3 is 4.74 Å². The summed E-state index contributed by atoms with van der Waals surface area (Å²) in [6, 6.07) is 14.6. The fraction of sp³-hybridized carbons (Fsp3) is 0.0588. The second-order valence-electron chi connectivity index (χ2n) is 4.71. The molecule has 2 aromatic carbocycles. The first-order chi connectivity index (χ1) is 10.6. The normalized spacial score (nSPS) is 10.6. The molecule has 3 aromatic rings. The lowest BCUT2D eigenvalue weighted by molar-refractivity contribution is 0.0469. The van der Waals surface area contributed by atoms with Crippen molar-refractivity contribution in [3.8, 4) is 0 Å². The summed E-state index contributed by atoms with van der Waals surface area (Å²) in [4.78, 5) is 16.2. The van der Waals surface area contributed by atoms with E-state index in [0.29, 0.717) is 21.8 Å². The number of ether oxygens (including phenoxy) is 1. The number of benzene rings is 2. The Balaban J connectivity index is 1.77. The van der Waals surface area contributed by atoms with Crippen molar-refractivity contribution >= 4 is 28.5 Å². The molecule has 0 bridgehead atoms. The van der Waals surface area contributed by atoms with E-state index in [1.807, 2.05) is 0 Å². The summed E-state index contributed by atoms with van der Waals surface area (Å²) in [5, 5.41) is 1.17. The van der Waals surface area contributed by atoms with E-state index in [0.717, 1.165) is 5.39 Å². The van der Waals surface area contributed by atoms with Gasteiger partial charge in [-0.2, -0.15) is 0 Å². The number of hydrogen-bond acceptors (Lipinski definition) is 3. The lowest BCUT2D eigenvalue weighted by Gasteiger charge is -2.06. The standard InChI is InChI=1S/C17H11ClFNO2/c18-16-8-6-11-9-12(5-7-15(11)20-16)17(21)22-10-13-3-1-2-4-14(13)19/h1-9H,10H2. The molecule has 3 nitrogen and oxygen atoms in total. The third kappa shape index (κ3) is 3.07. The Morgan fingerprint density at radius 2 is 1.95 bits per heavy atom. The maximum Gasteiger partial charge on any atom is 0.338 e. The number of rotatable bonds is 3. The van der Waals surface area contributed by atoms with E-state index in [2.05, 4.69) is 4.98 Å². The van der Waals surface area contributed by atoms with Crippen LogP contribution in [0.3, 0.4) is 0 Å². The highest BCUT2D eigenvalue weighted by atomic mass is 35.5. The van der Waals surface area contributed by atoms with Crippen molar-refractivity contribution in [2.45, 2.75) is 6.61 Å². The summed E-state index contributed by atoms with van der Waals surface area (Å²) in [6.45, 7) is -0.109. The molecule has 0 aliphatic heterocycles. The van der Waals surface area contributed by atoms with Crippen LogP contribution in [0.5, 0.6) is 0 Å². The van der Waals surface area contributed by atoms with E-state index in [-0.39, 0.29) is 6.61 Å². The molecule has 0 N–H and O–H groups in total. The molecule has 0 amide bonds. The molecule has 0 saturated carbocycles. The van der Waals surface area contributed by atoms with Gasteiger partial charge in [0, 0.05) is 10.9 Å². The van der Waals surface area contributed by atoms with Gasteiger partial charge in [-0.05, 0) is 36.4 Å². The second kappa shape index (κ2) is 6.12. The lowest BCUT2D eigenvalue weighted by atomic mass is 10.1. The predicted octanol–water partition coefficient (Wildman–Crippen LogP) is 4.38. The molecule has 0 radical (unpaired) electrons. The monoisotopic (exact) mass is 315 g/mol. The van der Waals surface area contributed by atoms with Crippen molar-refractivity contribution in [2.24, 2.45) is 0 Å². The Morgan fingerprint density at radius 3 is 2.77 bits per heavy atom. The van der Waals surface area contributed by atoms with Gasteiger partial charge in [-0.1, -0.05) is 29.8 Å². The highest BCUT2D eigenvalue weighted by molar-refractivity contribution is 6.29. The van der Waals surface area contributed by atoms with Crippen LogP contribution >= 0.6 is 11.6 Å². The fourth-order valence-corrected chi connectivity index (χ4v) is 2.22. The van der Waals surface area contributed by atoms with Crippen LogP contribution in [0.25, 0.3) is 10.9 Å². The molecule has 1 heterocycles. The quantitative estimate of drug-likeness (QED) is 0.531. The number of esters is 1. The van der Waals surface area contributed by atoms with Crippen LogP contribution in [0.4, 0.5) is 4.39 Å². The van der Waals surface area contributed by atoms with Crippen molar-refractivity contribution in [1.29, 1.82) is 0 Å². The number of aromatic nitrogens is 1. The van der Waals surface area contributed by atoms with Crippen molar-refractivity contribution in [2.75, 3.05) is 0 Å². The first-order valence-corrected chi connectivity index (χ1v) is 6.98. The maximum absolute atomic E-state index is 13.5. The summed E-state index contributed by atoms with van der Waals surface area (Å²) in [5.41, 5.74) is 1.41. The van der Waals surface area contributed by atoms with Crippen LogP contribution in [0.2, 0.25) is 5.15 Å². The SMILES string of the molecule is O=C(OCc1ccccc1F)c1ccc2nc(Cl)ccc2c1. The summed E-state index contributed by atoms with van der Waals surface area (Å²) in [5.74, 6) is -0.909. The predicted molar refractivity (Wildman–Crippen MR) is 82.3 cm³/mol. The molecule has 0 fully saturated rings. The highest BCUT2D eigenvalue weighted by Crippen LogP contribution is 2.18. The van der Waals surface area contributed by atoms with Gasteiger partial charge in [-0.15, -0.1) is 0 Å². The number of pyridine rings is 1. The third-order valence-corrected chi connectivity index (χ3v) is 3.42. The van der Waals surface area contributed by atoms with Crippen LogP contribution in [0.15, 0.2) is 54.6 Å². The first-order valence-electron chi connectivity index (χ1n) is 6.60. The summed E-state index contributed by atoms with van der Waals surface area (Å²) < 4.78 is 18.6. The Hall–Kier alpha value is -2.46. The zero-order valence-corrected chi connectivity index (χ0v) is 12.2. The van der Waals surface area contributed by atoms with Crippen molar-refractivity contribution in [1.82, 2.24) is 4.98 Å². The number of nitrogens with zero attached hydrogens (tertiary/aromatic N) is 1. The van der Waals surface area contributed by atoms with Gasteiger partial charge in [0.25, 0.3) is 0 Å². The molecule has 0 atom stereocenters. The van der Waals surface area contributed by atoms with Gasteiger partial charge in [-0.25, -0.2) is 14.2 Å². The Kier molecular flexibility index (Phi) is 4.02. The van der Waals surface area contributed by atoms with E-state index in [1.54, 1.807) is 48.5 Å². The van der Waals surface area contributed by atoms with Gasteiger partial charge >= 0.3 is 5.97 Å². The van der Waals surface area contributed by atoms with E-state index >= 15 is 0 Å². The number of halogens is 2. The molecular formula is C17H11ClFNO2. The largest absolute Gasteiger partial charge is 0.457 e. The van der Waals surface area contributed by atoms with Gasteiger partial charge in [0.05, 0.1) is 11.1 Å². The average molecular weight is 316 g/mol. The molecule has 1 aromatic heterocycles. The Labute approximate surface area is 131 Å². The number of fused-ring (bicyclic) bond motifs is 1. The minimum absolute atomic E-state index is 0.109. The van der Waals surface area contributed by atoms with Crippen molar-refractivity contribution in [3.05, 3.63) is 76.7 Å². The topological polar surface area (TPSA) is 39.2 Å². The molecule has 5 heteroatoms. The van der Waals surface area contributed by atoms with Gasteiger partial charge in [0.15, 0.2) is 0 Å². The van der Waals surface area contributed by atoms with Gasteiger partial charge in [0.1, 0.15) is 17.6 Å². The van der Waals surface area contributed by atoms with Crippen LogP contribution < -0.4 is 0 Å². The molecule has 0 aliphatic rings. The van der Waals surface area contributed by atoms with Crippen LogP contribution in [-0.2, 0) is 11.3 Å². The van der Waals surface area contributed by atoms with E-state index in [4.69, 9.17) is 16.3 Å². The summed E-state index contributed by atoms with van der Waals surface area (Å²) in [7, 11) is 0. The van der Waals surface area contributed by atoms with Gasteiger partial charge in [-0.3, -0.25) is 0 Å². The average Bonchev–Trinajstić information content (AvgIpc) is 2.53. The molecule has 110 valence electrons. The lowest BCUT2D eigenvalue weighted by Crippen LogP contribution is -2.06. The summed E-state index contributed by atoms with van der Waals surface area (Å²) in [6.07, 6.45) is 0. The minimum atomic E-state index is -0.514. The molecule has 0 spiro atoms. The van der Waals surface area contributed by atoms with Crippen molar-refractivity contribution < 1.29 is 13.9 Å². The van der Waals surface area contributed by atoms with Crippen LogP contribution in [0, 0.1) is 5.82 Å². The smallest absolute Gasteiger partial charge is 0.338 e. The minimum Gasteiger partial charge on any atom is -0.457 e. The fourth-order valence-electron chi connectivity index (χ4n) is 2.07. The molecule has 0 unspecified atom stereocenters. The van der Waals surface area contributed by atoms with E-state index in [1.165, 1.54) is 6.07 Å². The first kappa shape index (κ1) is 14.5. The van der Waals surface area contributed by atoms with E-state index < -0.39 is 11.8 Å². The van der Waals surface area contributed by atoms with Crippen molar-refractivity contribution in [3.63, 3.8) is 0 Å². The number of carbonyl (C=O) groups is 1. The Bertz CT molecular complexity index is 851. The second-order valence-corrected chi connectivity index (χ2v) is 5.10. The number of hydrogen-bond donors (Lipinski definition) is 0. The molecule has 3 rings (SSSR count). The summed E-state index contributed by atoms with van der Waals surface area (Å²) >= 11 is 5.82. The molecular weight excluding hydrogens is 305 g/mol. The number of carbonyl (C=O) groups excluding carboxylic acids is 1. The molecule has 0 aliphatic carbocycles. The van der Waals surface area contributed by atoms with E-state index in [9.17, 15) is 9.18 Å². The Morgan fingerprint density at radius 1 is 1.14 bits per heavy atom. The van der Waals surface area contributed by atoms with Crippen LogP contribution in [0.1, 0.15) is 15.9 Å². The molecule has 0 saturated heterocycles. The zero-order valence-electron chi connectivity index (χ0n) is 11.4.